The van der Waals surface area contributed by atoms with Crippen molar-refractivity contribution in [2.45, 2.75) is 56.3 Å². The first-order valence-electron chi connectivity index (χ1n) is 12.6. The van der Waals surface area contributed by atoms with Gasteiger partial charge >= 0.3 is 6.18 Å². The van der Waals surface area contributed by atoms with E-state index in [0.717, 1.165) is 19.8 Å². The zero-order valence-electron chi connectivity index (χ0n) is 22.2. The van der Waals surface area contributed by atoms with E-state index in [-0.39, 0.29) is 51.8 Å². The molecule has 216 valence electrons. The number of hydrogen-bond donors (Lipinski definition) is 1. The van der Waals surface area contributed by atoms with E-state index in [1.165, 1.54) is 44.9 Å². The van der Waals surface area contributed by atoms with E-state index in [9.17, 15) is 26.4 Å². The first kappa shape index (κ1) is 28.3. The fraction of sp³-hybridized carbons (Fsp3) is 0.400. The van der Waals surface area contributed by atoms with Crippen LogP contribution in [0.1, 0.15) is 50.0 Å². The number of sulfone groups is 1. The summed E-state index contributed by atoms with van der Waals surface area (Å²) >= 11 is 0. The minimum absolute atomic E-state index is 0.00760. The van der Waals surface area contributed by atoms with Crippen LogP contribution in [0, 0.1) is 0 Å². The van der Waals surface area contributed by atoms with Gasteiger partial charge in [0.1, 0.15) is 23.4 Å². The maximum absolute atomic E-state index is 14.0. The predicted molar refractivity (Wildman–Crippen MR) is 141 cm³/mol. The molecule has 0 radical (unpaired) electrons. The molecule has 1 atom stereocenters. The molecule has 0 bridgehead atoms. The molecule has 4 aromatic heterocycles. The third-order valence-corrected chi connectivity index (χ3v) is 8.41. The highest BCUT2D eigenvalue weighted by molar-refractivity contribution is 7.91. The number of halogens is 3. The molecular formula is C25H25F3N8O4S. The number of fused-ring (bicyclic) bond motifs is 1. The van der Waals surface area contributed by atoms with Gasteiger partial charge in [-0.3, -0.25) is 14.3 Å². The second-order valence-electron chi connectivity index (χ2n) is 9.42. The van der Waals surface area contributed by atoms with Crippen molar-refractivity contribution in [1.82, 2.24) is 34.5 Å². The number of alkyl halides is 3. The molecule has 0 saturated heterocycles. The Balaban J connectivity index is 1.58. The van der Waals surface area contributed by atoms with E-state index in [2.05, 4.69) is 35.2 Å². The van der Waals surface area contributed by atoms with Crippen molar-refractivity contribution >= 4 is 26.8 Å². The molecule has 41 heavy (non-hydrogen) atoms. The minimum Gasteiger partial charge on any atom is -0.480 e. The number of anilines is 1. The maximum Gasteiger partial charge on any atom is 0.409 e. The molecule has 5 rings (SSSR count). The summed E-state index contributed by atoms with van der Waals surface area (Å²) in [6.45, 7) is 2.25. The SMILES string of the molecule is CCS(=O)(=O)c1ccc(CNc2nc3cnc(-c4c(OC)ncnc4C4CC4)nc3n(C(C)C(F)(F)F)c2=O)nc1. The first-order valence-corrected chi connectivity index (χ1v) is 14.3. The topological polar surface area (TPSA) is 155 Å². The number of nitrogens with zero attached hydrogens (tertiary/aromatic N) is 7. The van der Waals surface area contributed by atoms with Crippen molar-refractivity contribution in [3.63, 3.8) is 0 Å². The largest absolute Gasteiger partial charge is 0.480 e. The fourth-order valence-electron chi connectivity index (χ4n) is 4.20. The van der Waals surface area contributed by atoms with Crippen molar-refractivity contribution in [3.8, 4) is 17.3 Å². The minimum atomic E-state index is -4.78. The smallest absolute Gasteiger partial charge is 0.409 e. The molecule has 0 aliphatic heterocycles. The molecule has 16 heteroatoms. The quantitative estimate of drug-likeness (QED) is 0.305. The Kier molecular flexibility index (Phi) is 7.35. The second kappa shape index (κ2) is 10.6. The Morgan fingerprint density at radius 1 is 1.12 bits per heavy atom. The number of methoxy groups -OCH3 is 1. The number of pyridine rings is 1. The van der Waals surface area contributed by atoms with Crippen LogP contribution in [0.5, 0.6) is 5.88 Å². The normalized spacial score (nSPS) is 14.7. The van der Waals surface area contributed by atoms with Crippen molar-refractivity contribution < 1.29 is 26.3 Å². The summed E-state index contributed by atoms with van der Waals surface area (Å²) in [6, 6.07) is 0.556. The molecule has 4 heterocycles. The summed E-state index contributed by atoms with van der Waals surface area (Å²) in [5.74, 6) is -0.188. The van der Waals surface area contributed by atoms with Crippen LogP contribution < -0.4 is 15.6 Å². The molecule has 1 aliphatic carbocycles. The lowest BCUT2D eigenvalue weighted by molar-refractivity contribution is -0.162. The molecule has 0 amide bonds. The molecule has 1 N–H and O–H groups in total. The number of rotatable bonds is 9. The molecular weight excluding hydrogens is 565 g/mol. The molecule has 1 fully saturated rings. The van der Waals surface area contributed by atoms with Gasteiger partial charge < -0.3 is 10.1 Å². The average Bonchev–Trinajstić information content (AvgIpc) is 3.80. The van der Waals surface area contributed by atoms with Crippen LogP contribution >= 0.6 is 0 Å². The van der Waals surface area contributed by atoms with E-state index < -0.39 is 27.6 Å². The molecule has 1 unspecified atom stereocenters. The first-order chi connectivity index (χ1) is 19.4. The van der Waals surface area contributed by atoms with Crippen molar-refractivity contribution in [2.24, 2.45) is 0 Å². The highest BCUT2D eigenvalue weighted by Gasteiger charge is 2.40. The Labute approximate surface area is 232 Å². The summed E-state index contributed by atoms with van der Waals surface area (Å²) in [4.78, 5) is 38.8. The van der Waals surface area contributed by atoms with Crippen LogP contribution in [0.15, 0.2) is 40.5 Å². The molecule has 0 spiro atoms. The highest BCUT2D eigenvalue weighted by atomic mass is 32.2. The van der Waals surface area contributed by atoms with Gasteiger partial charge in [0, 0.05) is 12.1 Å². The second-order valence-corrected chi connectivity index (χ2v) is 11.7. The highest BCUT2D eigenvalue weighted by Crippen LogP contribution is 2.45. The van der Waals surface area contributed by atoms with Crippen LogP contribution in [-0.4, -0.2) is 61.9 Å². The lowest BCUT2D eigenvalue weighted by atomic mass is 10.1. The lowest BCUT2D eigenvalue weighted by Crippen LogP contribution is -2.35. The molecule has 1 saturated carbocycles. The molecule has 12 nitrogen and oxygen atoms in total. The van der Waals surface area contributed by atoms with Crippen LogP contribution in [0.25, 0.3) is 22.6 Å². The summed E-state index contributed by atoms with van der Waals surface area (Å²) < 4.78 is 71.8. The van der Waals surface area contributed by atoms with Crippen molar-refractivity contribution in [3.05, 3.63) is 52.6 Å². The van der Waals surface area contributed by atoms with E-state index >= 15 is 0 Å². The van der Waals surface area contributed by atoms with Crippen LogP contribution in [-0.2, 0) is 16.4 Å². The Hall–Kier alpha value is -4.21. The van der Waals surface area contributed by atoms with Gasteiger partial charge in [0.2, 0.25) is 5.88 Å². The van der Waals surface area contributed by atoms with E-state index in [4.69, 9.17) is 4.74 Å². The average molecular weight is 591 g/mol. The lowest BCUT2D eigenvalue weighted by Gasteiger charge is -2.21. The summed E-state index contributed by atoms with van der Waals surface area (Å²) in [7, 11) is -2.06. The zero-order chi connectivity index (χ0) is 29.5. The fourth-order valence-corrected chi connectivity index (χ4v) is 5.02. The number of nitrogens with one attached hydrogen (secondary N) is 1. The zero-order valence-corrected chi connectivity index (χ0v) is 23.0. The summed E-state index contributed by atoms with van der Waals surface area (Å²) in [5, 5.41) is 2.72. The number of hydrogen-bond acceptors (Lipinski definition) is 11. The Morgan fingerprint density at radius 3 is 2.49 bits per heavy atom. The van der Waals surface area contributed by atoms with Gasteiger partial charge in [-0.1, -0.05) is 6.92 Å². The van der Waals surface area contributed by atoms with Crippen molar-refractivity contribution in [2.75, 3.05) is 18.2 Å². The van der Waals surface area contributed by atoms with E-state index in [1.807, 2.05) is 0 Å². The van der Waals surface area contributed by atoms with E-state index in [0.29, 0.717) is 21.5 Å². The third kappa shape index (κ3) is 5.55. The van der Waals surface area contributed by atoms with E-state index in [1.54, 1.807) is 0 Å². The summed E-state index contributed by atoms with van der Waals surface area (Å²) in [6.07, 6.45) is 0.713. The molecule has 0 aromatic carbocycles. The maximum atomic E-state index is 14.0. The number of aromatic nitrogens is 7. The molecule has 4 aromatic rings. The van der Waals surface area contributed by atoms with Gasteiger partial charge in [-0.15, -0.1) is 0 Å². The van der Waals surface area contributed by atoms with Crippen LogP contribution in [0.4, 0.5) is 19.0 Å². The van der Waals surface area contributed by atoms with Gasteiger partial charge in [-0.2, -0.15) is 13.2 Å². The van der Waals surface area contributed by atoms with Gasteiger partial charge in [0.15, 0.2) is 27.1 Å². The standard InChI is InChI=1S/C25H25F3N8O4S/c1-4-41(38,39)16-8-7-15(29-10-16)9-30-21-24(37)36(13(2)25(26,27)28)22-17(34-21)11-31-20(35-22)18-19(14-5-6-14)32-12-33-23(18)40-3/h7-8,10-14H,4-6,9H2,1-3H3,(H,30,34). The van der Waals surface area contributed by atoms with Gasteiger partial charge in [0.05, 0.1) is 41.9 Å². The Morgan fingerprint density at radius 2 is 1.88 bits per heavy atom. The molecule has 1 aliphatic rings. The van der Waals surface area contributed by atoms with Crippen molar-refractivity contribution in [1.29, 1.82) is 0 Å². The van der Waals surface area contributed by atoms with Gasteiger partial charge in [0.25, 0.3) is 5.56 Å². The monoisotopic (exact) mass is 590 g/mol. The number of ether oxygens (including phenoxy) is 1. The van der Waals surface area contributed by atoms with Crippen LogP contribution in [0.3, 0.4) is 0 Å². The third-order valence-electron chi connectivity index (χ3n) is 6.69. The predicted octanol–water partition coefficient (Wildman–Crippen LogP) is 3.45. The van der Waals surface area contributed by atoms with Crippen LogP contribution in [0.2, 0.25) is 0 Å². The van der Waals surface area contributed by atoms with Gasteiger partial charge in [-0.25, -0.2) is 33.3 Å². The summed E-state index contributed by atoms with van der Waals surface area (Å²) in [5.41, 5.74) is -0.142. The van der Waals surface area contributed by atoms with Gasteiger partial charge in [-0.05, 0) is 31.9 Å². The Bertz CT molecular complexity index is 1780.